The number of hydrogen-bond donors (Lipinski definition) is 2. The lowest BCUT2D eigenvalue weighted by molar-refractivity contribution is -0.916. The zero-order chi connectivity index (χ0) is 38.1. The Balaban J connectivity index is 4.13. The van der Waals surface area contributed by atoms with E-state index in [1.165, 1.54) is 241 Å². The number of rotatable bonds is 43. The van der Waals surface area contributed by atoms with Crippen molar-refractivity contribution in [1.82, 2.24) is 0 Å². The van der Waals surface area contributed by atoms with Gasteiger partial charge in [0, 0.05) is 25.7 Å². The van der Waals surface area contributed by atoms with Gasteiger partial charge in [-0.2, -0.15) is 0 Å². The van der Waals surface area contributed by atoms with Gasteiger partial charge in [-0.25, -0.2) is 0 Å². The van der Waals surface area contributed by atoms with Crippen LogP contribution < -0.4 is 11.5 Å². The van der Waals surface area contributed by atoms with Gasteiger partial charge in [-0.05, 0) is 90.1 Å². The van der Waals surface area contributed by atoms with Crippen LogP contribution in [0.25, 0.3) is 0 Å². The molecule has 52 heavy (non-hydrogen) atoms. The van der Waals surface area contributed by atoms with E-state index in [1.807, 2.05) is 0 Å². The monoisotopic (exact) mass is 733 g/mol. The maximum absolute atomic E-state index is 5.99. The van der Waals surface area contributed by atoms with Crippen LogP contribution in [-0.2, 0) is 0 Å². The van der Waals surface area contributed by atoms with Crippen molar-refractivity contribution >= 4 is 0 Å². The van der Waals surface area contributed by atoms with Gasteiger partial charge in [0.15, 0.2) is 0 Å². The number of hydrogen-bond acceptors (Lipinski definition) is 2. The Morgan fingerprint density at radius 3 is 0.769 bits per heavy atom. The molecule has 0 rings (SSSR count). The first-order chi connectivity index (χ1) is 25.4. The second-order valence-electron chi connectivity index (χ2n) is 17.4. The summed E-state index contributed by atoms with van der Waals surface area (Å²) < 4.78 is 2.45. The van der Waals surface area contributed by atoms with Crippen molar-refractivity contribution < 1.29 is 8.97 Å². The molecule has 0 radical (unpaired) electrons. The highest BCUT2D eigenvalue weighted by atomic mass is 15.3. The molecule has 4 nitrogen and oxygen atoms in total. The highest BCUT2D eigenvalue weighted by Gasteiger charge is 2.23. The molecule has 0 aliphatic heterocycles. The molecule has 310 valence electrons. The fraction of sp³-hybridized carbons (Fsp3) is 0.917. The molecule has 0 saturated carbocycles. The number of nitrogens with zero attached hydrogens (tertiary/aromatic N) is 2. The minimum Gasteiger partial charge on any atom is -0.330 e. The van der Waals surface area contributed by atoms with E-state index in [0.29, 0.717) is 0 Å². The maximum atomic E-state index is 5.99. The standard InChI is InChI=1S/C48H100N4/c1-5-7-9-11-13-15-17-19-21-23-25-27-29-31-33-35-43-51(3,47-39-41-49)45-37-38-46-52(4,48-40-42-50)44-36-34-32-30-28-26-24-22-20-18-16-14-12-10-8-6-2/h19-22H,5-18,23-50H2,1-4H3/q+2/b21-19-,22-20-. The predicted molar refractivity (Wildman–Crippen MR) is 237 cm³/mol. The summed E-state index contributed by atoms with van der Waals surface area (Å²) >= 11 is 0. The summed E-state index contributed by atoms with van der Waals surface area (Å²) in [4.78, 5) is 0. The molecule has 2 unspecified atom stereocenters. The number of quaternary nitrogens is 2. The van der Waals surface area contributed by atoms with E-state index in [9.17, 15) is 0 Å². The summed E-state index contributed by atoms with van der Waals surface area (Å²) in [5.41, 5.74) is 12.0. The van der Waals surface area contributed by atoms with Crippen molar-refractivity contribution in [2.75, 3.05) is 66.5 Å². The lowest BCUT2D eigenvalue weighted by Crippen LogP contribution is -2.48. The fourth-order valence-corrected chi connectivity index (χ4v) is 8.09. The van der Waals surface area contributed by atoms with Gasteiger partial charge in [-0.15, -0.1) is 0 Å². The van der Waals surface area contributed by atoms with E-state index in [0.717, 1.165) is 25.9 Å². The molecule has 0 bridgehead atoms. The second kappa shape index (κ2) is 40.0. The first-order valence-corrected chi connectivity index (χ1v) is 23.8. The highest BCUT2D eigenvalue weighted by Crippen LogP contribution is 2.17. The van der Waals surface area contributed by atoms with Gasteiger partial charge in [0.05, 0.1) is 53.4 Å². The molecule has 0 aliphatic rings. The van der Waals surface area contributed by atoms with E-state index in [-0.39, 0.29) is 0 Å². The molecule has 0 amide bonds. The lowest BCUT2D eigenvalue weighted by atomic mass is 10.1. The summed E-state index contributed by atoms with van der Waals surface area (Å²) in [6.07, 6.45) is 53.5. The minimum atomic E-state index is 0.825. The van der Waals surface area contributed by atoms with Crippen LogP contribution >= 0.6 is 0 Å². The van der Waals surface area contributed by atoms with Crippen LogP contribution in [0.3, 0.4) is 0 Å². The van der Waals surface area contributed by atoms with Gasteiger partial charge >= 0.3 is 0 Å². The van der Waals surface area contributed by atoms with E-state index in [2.05, 4.69) is 52.2 Å². The third kappa shape index (κ3) is 36.3. The highest BCUT2D eigenvalue weighted by molar-refractivity contribution is 4.82. The third-order valence-corrected chi connectivity index (χ3v) is 11.9. The Morgan fingerprint density at radius 1 is 0.288 bits per heavy atom. The molecule has 0 aromatic carbocycles. The van der Waals surface area contributed by atoms with Crippen molar-refractivity contribution in [3.63, 3.8) is 0 Å². The number of unbranched alkanes of at least 4 members (excludes halogenated alkanes) is 25. The average molecular weight is 733 g/mol. The molecule has 0 spiro atoms. The predicted octanol–water partition coefficient (Wildman–Crippen LogP) is 13.4. The summed E-state index contributed by atoms with van der Waals surface area (Å²) in [6, 6.07) is 0. The quantitative estimate of drug-likeness (QED) is 0.0372. The third-order valence-electron chi connectivity index (χ3n) is 11.9. The molecule has 0 aromatic heterocycles. The maximum Gasteiger partial charge on any atom is 0.0796 e. The molecule has 0 fully saturated rings. The fourth-order valence-electron chi connectivity index (χ4n) is 8.09. The van der Waals surface area contributed by atoms with Crippen LogP contribution in [0.5, 0.6) is 0 Å². The average Bonchev–Trinajstić information content (AvgIpc) is 3.14. The van der Waals surface area contributed by atoms with Crippen LogP contribution in [0.15, 0.2) is 24.3 Å². The Labute approximate surface area is 329 Å². The second-order valence-corrected chi connectivity index (χ2v) is 17.4. The molecule has 0 heterocycles. The van der Waals surface area contributed by atoms with Crippen LogP contribution in [0.4, 0.5) is 0 Å². The Morgan fingerprint density at radius 2 is 0.500 bits per heavy atom. The van der Waals surface area contributed by atoms with Crippen molar-refractivity contribution in [3.05, 3.63) is 24.3 Å². The minimum absolute atomic E-state index is 0.825. The first kappa shape index (κ1) is 51.3. The zero-order valence-electron chi connectivity index (χ0n) is 36.6. The van der Waals surface area contributed by atoms with Crippen LogP contribution in [0.2, 0.25) is 0 Å². The van der Waals surface area contributed by atoms with Gasteiger partial charge < -0.3 is 20.4 Å². The van der Waals surface area contributed by atoms with E-state index in [1.54, 1.807) is 0 Å². The summed E-state index contributed by atoms with van der Waals surface area (Å²) in [6.45, 7) is 14.0. The molecule has 4 heteroatoms. The topological polar surface area (TPSA) is 52.0 Å². The van der Waals surface area contributed by atoms with Crippen molar-refractivity contribution in [3.8, 4) is 0 Å². The normalized spacial score (nSPS) is 14.5. The molecule has 0 aromatic rings. The lowest BCUT2D eigenvalue weighted by Gasteiger charge is -2.37. The summed E-state index contributed by atoms with van der Waals surface area (Å²) in [5.74, 6) is 0. The van der Waals surface area contributed by atoms with Gasteiger partial charge in [0.1, 0.15) is 0 Å². The molecule has 0 saturated heterocycles. The van der Waals surface area contributed by atoms with E-state index >= 15 is 0 Å². The zero-order valence-corrected chi connectivity index (χ0v) is 36.6. The van der Waals surface area contributed by atoms with E-state index < -0.39 is 0 Å². The number of allylic oxidation sites excluding steroid dienone is 4. The van der Waals surface area contributed by atoms with Gasteiger partial charge in [0.2, 0.25) is 0 Å². The van der Waals surface area contributed by atoms with Crippen LogP contribution in [0, 0.1) is 0 Å². The SMILES string of the molecule is CCCCCCCC/C=C\CCCCCCCC[N+](C)(CCCN)CCCC[N+](C)(CCCN)CCCCCCCC/C=C\CCCCCCCC. The Hall–Kier alpha value is -0.680. The largest absolute Gasteiger partial charge is 0.330 e. The summed E-state index contributed by atoms with van der Waals surface area (Å²) in [7, 11) is 5.03. The first-order valence-electron chi connectivity index (χ1n) is 23.8. The van der Waals surface area contributed by atoms with Crippen molar-refractivity contribution in [2.45, 2.75) is 219 Å². The molecular weight excluding hydrogens is 633 g/mol. The summed E-state index contributed by atoms with van der Waals surface area (Å²) in [5, 5.41) is 0. The van der Waals surface area contributed by atoms with Crippen LogP contribution in [-0.4, -0.2) is 75.4 Å². The smallest absolute Gasteiger partial charge is 0.0796 e. The van der Waals surface area contributed by atoms with Crippen molar-refractivity contribution in [2.24, 2.45) is 11.5 Å². The van der Waals surface area contributed by atoms with Gasteiger partial charge in [0.25, 0.3) is 0 Å². The molecule has 0 aliphatic carbocycles. The number of nitrogens with two attached hydrogens (primary N) is 2. The van der Waals surface area contributed by atoms with Crippen LogP contribution in [0.1, 0.15) is 219 Å². The van der Waals surface area contributed by atoms with Gasteiger partial charge in [-0.1, -0.05) is 141 Å². The van der Waals surface area contributed by atoms with Crippen molar-refractivity contribution in [1.29, 1.82) is 0 Å². The molecule has 4 N–H and O–H groups in total. The van der Waals surface area contributed by atoms with E-state index in [4.69, 9.17) is 11.5 Å². The Bertz CT molecular complexity index is 689. The molecule has 2 atom stereocenters. The molecular formula is C48H100N4+2. The Kier molecular flexibility index (Phi) is 39.5. The van der Waals surface area contributed by atoms with Gasteiger partial charge in [-0.3, -0.25) is 0 Å².